The largest absolute Gasteiger partial charge is 0.399 e. The van der Waals surface area contributed by atoms with Gasteiger partial charge in [-0.15, -0.1) is 0 Å². The van der Waals surface area contributed by atoms with Crippen LogP contribution in [0.2, 0.25) is 0 Å². The molecular formula is C15H20N4O2. The fourth-order valence-corrected chi connectivity index (χ4v) is 2.89. The molecule has 21 heavy (non-hydrogen) atoms. The Morgan fingerprint density at radius 3 is 3.10 bits per heavy atom. The van der Waals surface area contributed by atoms with Crippen molar-refractivity contribution in [2.45, 2.75) is 25.4 Å². The lowest BCUT2D eigenvalue weighted by molar-refractivity contribution is -0.0440. The molecule has 0 spiro atoms. The molecule has 6 nitrogen and oxygen atoms in total. The Kier molecular flexibility index (Phi) is 3.33. The summed E-state index contributed by atoms with van der Waals surface area (Å²) < 4.78 is 5.54. The van der Waals surface area contributed by atoms with E-state index in [0.29, 0.717) is 17.9 Å². The number of amides is 1. The Bertz CT molecular complexity index is 681. The molecule has 1 fully saturated rings. The van der Waals surface area contributed by atoms with Gasteiger partial charge in [0.2, 0.25) is 0 Å². The maximum absolute atomic E-state index is 12.7. The van der Waals surface area contributed by atoms with E-state index in [-0.39, 0.29) is 11.5 Å². The number of piperidine rings is 1. The highest BCUT2D eigenvalue weighted by Crippen LogP contribution is 2.26. The Morgan fingerprint density at radius 2 is 2.33 bits per heavy atom. The molecule has 1 unspecified atom stereocenters. The van der Waals surface area contributed by atoms with Crippen LogP contribution < -0.4 is 5.73 Å². The quantitative estimate of drug-likeness (QED) is 0.825. The summed E-state index contributed by atoms with van der Waals surface area (Å²) in [5, 5.41) is 7.83. The summed E-state index contributed by atoms with van der Waals surface area (Å²) in [6.07, 6.45) is 1.89. The van der Waals surface area contributed by atoms with Crippen molar-refractivity contribution in [1.82, 2.24) is 15.1 Å². The third-order valence-electron chi connectivity index (χ3n) is 4.23. The van der Waals surface area contributed by atoms with Crippen LogP contribution in [0.1, 0.15) is 30.3 Å². The van der Waals surface area contributed by atoms with E-state index in [1.807, 2.05) is 17.9 Å². The molecule has 1 aromatic carbocycles. The number of ether oxygens (including phenoxy) is 1. The predicted octanol–water partition coefficient (Wildman–Crippen LogP) is 1.79. The summed E-state index contributed by atoms with van der Waals surface area (Å²) in [7, 11) is 1.69. The van der Waals surface area contributed by atoms with Crippen molar-refractivity contribution in [2.75, 3.05) is 25.9 Å². The molecule has 3 rings (SSSR count). The van der Waals surface area contributed by atoms with Crippen molar-refractivity contribution >= 4 is 22.5 Å². The van der Waals surface area contributed by atoms with Crippen LogP contribution in [0.25, 0.3) is 10.9 Å². The Labute approximate surface area is 123 Å². The SMILES string of the molecule is COC1(C)CCCN(C(=O)c2n[nH]c3ccc(N)cc23)C1. The van der Waals surface area contributed by atoms with Crippen LogP contribution in [-0.4, -0.2) is 46.8 Å². The van der Waals surface area contributed by atoms with E-state index < -0.39 is 0 Å². The van der Waals surface area contributed by atoms with E-state index >= 15 is 0 Å². The molecule has 1 aromatic heterocycles. The lowest BCUT2D eigenvalue weighted by atomic mass is 9.94. The van der Waals surface area contributed by atoms with E-state index in [2.05, 4.69) is 10.2 Å². The van der Waals surface area contributed by atoms with Crippen LogP contribution >= 0.6 is 0 Å². The van der Waals surface area contributed by atoms with E-state index in [9.17, 15) is 4.79 Å². The first-order valence-corrected chi connectivity index (χ1v) is 7.10. The Morgan fingerprint density at radius 1 is 1.52 bits per heavy atom. The minimum Gasteiger partial charge on any atom is -0.399 e. The van der Waals surface area contributed by atoms with Crippen molar-refractivity contribution in [1.29, 1.82) is 0 Å². The number of nitrogens with zero attached hydrogens (tertiary/aromatic N) is 2. The normalized spacial score (nSPS) is 22.7. The first-order chi connectivity index (χ1) is 10.0. The molecule has 1 aliphatic rings. The number of likely N-dealkylation sites (tertiary alicyclic amines) is 1. The van der Waals surface area contributed by atoms with E-state index in [1.54, 1.807) is 19.2 Å². The molecule has 2 heterocycles. The number of aromatic nitrogens is 2. The van der Waals surface area contributed by atoms with Gasteiger partial charge >= 0.3 is 0 Å². The first kappa shape index (κ1) is 13.9. The molecule has 1 atom stereocenters. The zero-order chi connectivity index (χ0) is 15.0. The van der Waals surface area contributed by atoms with E-state index in [4.69, 9.17) is 10.5 Å². The van der Waals surface area contributed by atoms with Crippen molar-refractivity contribution in [3.05, 3.63) is 23.9 Å². The number of methoxy groups -OCH3 is 1. The molecule has 0 bridgehead atoms. The number of anilines is 1. The fourth-order valence-electron chi connectivity index (χ4n) is 2.89. The van der Waals surface area contributed by atoms with Gasteiger partial charge in [-0.2, -0.15) is 5.10 Å². The van der Waals surface area contributed by atoms with Gasteiger partial charge in [-0.25, -0.2) is 0 Å². The summed E-state index contributed by atoms with van der Waals surface area (Å²) in [6.45, 7) is 3.35. The number of fused-ring (bicyclic) bond motifs is 1. The first-order valence-electron chi connectivity index (χ1n) is 7.10. The van der Waals surface area contributed by atoms with Crippen molar-refractivity contribution < 1.29 is 9.53 Å². The van der Waals surface area contributed by atoms with Gasteiger partial charge in [0.25, 0.3) is 5.91 Å². The average molecular weight is 288 g/mol. The van der Waals surface area contributed by atoms with Crippen LogP contribution in [0.4, 0.5) is 5.69 Å². The van der Waals surface area contributed by atoms with E-state index in [1.165, 1.54) is 0 Å². The predicted molar refractivity (Wildman–Crippen MR) is 81.1 cm³/mol. The molecule has 0 aliphatic carbocycles. The maximum Gasteiger partial charge on any atom is 0.275 e. The third-order valence-corrected chi connectivity index (χ3v) is 4.23. The van der Waals surface area contributed by atoms with Gasteiger partial charge in [-0.05, 0) is 38.0 Å². The van der Waals surface area contributed by atoms with Crippen LogP contribution in [0.5, 0.6) is 0 Å². The number of nitrogen functional groups attached to an aromatic ring is 1. The molecule has 2 aromatic rings. The molecule has 0 radical (unpaired) electrons. The number of hydrogen-bond acceptors (Lipinski definition) is 4. The fraction of sp³-hybridized carbons (Fsp3) is 0.467. The molecular weight excluding hydrogens is 268 g/mol. The molecule has 112 valence electrons. The summed E-state index contributed by atoms with van der Waals surface area (Å²) in [5.41, 5.74) is 7.40. The summed E-state index contributed by atoms with van der Waals surface area (Å²) in [4.78, 5) is 14.5. The second-order valence-electron chi connectivity index (χ2n) is 5.86. The van der Waals surface area contributed by atoms with Gasteiger partial charge in [-0.3, -0.25) is 9.89 Å². The Hall–Kier alpha value is -2.08. The molecule has 1 aliphatic heterocycles. The third kappa shape index (κ3) is 2.47. The minimum absolute atomic E-state index is 0.0742. The number of hydrogen-bond donors (Lipinski definition) is 2. The van der Waals surface area contributed by atoms with Gasteiger partial charge in [0.1, 0.15) is 0 Å². The van der Waals surface area contributed by atoms with Gasteiger partial charge in [0, 0.05) is 31.3 Å². The number of carbonyl (C=O) groups is 1. The molecule has 0 saturated carbocycles. The zero-order valence-corrected chi connectivity index (χ0v) is 12.3. The molecule has 1 saturated heterocycles. The molecule has 1 amide bonds. The number of benzene rings is 1. The van der Waals surface area contributed by atoms with Crippen LogP contribution in [0, 0.1) is 0 Å². The van der Waals surface area contributed by atoms with Crippen LogP contribution in [0.15, 0.2) is 18.2 Å². The van der Waals surface area contributed by atoms with Crippen molar-refractivity contribution in [3.63, 3.8) is 0 Å². The number of nitrogens with one attached hydrogen (secondary N) is 1. The van der Waals surface area contributed by atoms with Gasteiger partial charge < -0.3 is 15.4 Å². The molecule has 6 heteroatoms. The highest BCUT2D eigenvalue weighted by molar-refractivity contribution is 6.05. The maximum atomic E-state index is 12.7. The van der Waals surface area contributed by atoms with Gasteiger partial charge in [0.05, 0.1) is 11.1 Å². The second-order valence-corrected chi connectivity index (χ2v) is 5.86. The highest BCUT2D eigenvalue weighted by atomic mass is 16.5. The van der Waals surface area contributed by atoms with Crippen molar-refractivity contribution in [3.8, 4) is 0 Å². The average Bonchev–Trinajstić information content (AvgIpc) is 2.89. The number of carbonyl (C=O) groups excluding carboxylic acids is 1. The highest BCUT2D eigenvalue weighted by Gasteiger charge is 2.34. The minimum atomic E-state index is -0.279. The van der Waals surface area contributed by atoms with Gasteiger partial charge in [-0.1, -0.05) is 0 Å². The van der Waals surface area contributed by atoms with Crippen LogP contribution in [-0.2, 0) is 4.74 Å². The van der Waals surface area contributed by atoms with Crippen molar-refractivity contribution in [2.24, 2.45) is 0 Å². The number of H-pyrrole nitrogens is 1. The second kappa shape index (κ2) is 5.04. The monoisotopic (exact) mass is 288 g/mol. The smallest absolute Gasteiger partial charge is 0.275 e. The number of nitrogens with two attached hydrogens (primary N) is 1. The molecule has 3 N–H and O–H groups in total. The summed E-state index contributed by atoms with van der Waals surface area (Å²) >= 11 is 0. The zero-order valence-electron chi connectivity index (χ0n) is 12.3. The van der Waals surface area contributed by atoms with E-state index in [0.717, 1.165) is 30.3 Å². The lowest BCUT2D eigenvalue weighted by Crippen LogP contribution is -2.49. The summed E-state index contributed by atoms with van der Waals surface area (Å²) in [6, 6.07) is 5.41. The standard InChI is InChI=1S/C15H20N4O2/c1-15(21-2)6-3-7-19(9-15)14(20)13-11-8-10(16)4-5-12(11)17-18-13/h4-5,8H,3,6-7,9,16H2,1-2H3,(H,17,18). The number of rotatable bonds is 2. The topological polar surface area (TPSA) is 84.2 Å². The van der Waals surface area contributed by atoms with Gasteiger partial charge in [0.15, 0.2) is 5.69 Å². The lowest BCUT2D eigenvalue weighted by Gasteiger charge is -2.39. The summed E-state index contributed by atoms with van der Waals surface area (Å²) in [5.74, 6) is -0.0742. The Balaban J connectivity index is 1.92. The van der Waals surface area contributed by atoms with Crippen LogP contribution in [0.3, 0.4) is 0 Å². The number of aromatic amines is 1.